The van der Waals surface area contributed by atoms with Crippen LogP contribution in [0.25, 0.3) is 0 Å². The molecular formula is C21H22ClFN4O2. The Hall–Kier alpha value is -2.48. The van der Waals surface area contributed by atoms with Crippen molar-refractivity contribution in [1.82, 2.24) is 20.7 Å². The summed E-state index contributed by atoms with van der Waals surface area (Å²) in [5.41, 5.74) is 7.59. The zero-order chi connectivity index (χ0) is 20.4. The molecule has 0 radical (unpaired) electrons. The summed E-state index contributed by atoms with van der Waals surface area (Å²) in [5.74, 6) is -0.386. The van der Waals surface area contributed by atoms with Crippen LogP contribution in [-0.4, -0.2) is 53.8 Å². The van der Waals surface area contributed by atoms with Gasteiger partial charge in [0.15, 0.2) is 0 Å². The van der Waals surface area contributed by atoms with E-state index >= 15 is 0 Å². The van der Waals surface area contributed by atoms with E-state index < -0.39 is 0 Å². The minimum absolute atomic E-state index is 0.00644. The predicted octanol–water partition coefficient (Wildman–Crippen LogP) is 2.37. The summed E-state index contributed by atoms with van der Waals surface area (Å²) in [6.07, 6.45) is 0.587. The monoisotopic (exact) mass is 416 g/mol. The van der Waals surface area contributed by atoms with Gasteiger partial charge in [-0.2, -0.15) is 0 Å². The van der Waals surface area contributed by atoms with Crippen LogP contribution >= 0.6 is 11.6 Å². The molecule has 2 aliphatic heterocycles. The third kappa shape index (κ3) is 4.27. The van der Waals surface area contributed by atoms with Crippen LogP contribution in [0.3, 0.4) is 0 Å². The standard InChI is InChI=1S/C21H22ClFN4O2/c22-17-4-2-1-3-16(17)20(28)26-9-11-27(12-10-26)21(29)19-13-18(24-25-19)14-5-7-15(23)8-6-14/h1-8,18-19,24-25H,9-13H2. The van der Waals surface area contributed by atoms with Crippen LogP contribution in [0, 0.1) is 5.82 Å². The largest absolute Gasteiger partial charge is 0.338 e. The first kappa shape index (κ1) is 19.8. The molecule has 2 aromatic carbocycles. The molecule has 8 heteroatoms. The number of piperazine rings is 1. The van der Waals surface area contributed by atoms with Gasteiger partial charge < -0.3 is 9.80 Å². The summed E-state index contributed by atoms with van der Waals surface area (Å²) in [4.78, 5) is 29.0. The molecule has 29 heavy (non-hydrogen) atoms. The second kappa shape index (κ2) is 8.49. The lowest BCUT2D eigenvalue weighted by atomic mass is 10.0. The third-order valence-corrected chi connectivity index (χ3v) is 5.79. The average molecular weight is 417 g/mol. The lowest BCUT2D eigenvalue weighted by Crippen LogP contribution is -2.54. The number of amides is 2. The quantitative estimate of drug-likeness (QED) is 0.806. The van der Waals surface area contributed by atoms with Crippen LogP contribution in [0.15, 0.2) is 48.5 Å². The van der Waals surface area contributed by atoms with Gasteiger partial charge in [-0.05, 0) is 36.2 Å². The highest BCUT2D eigenvalue weighted by atomic mass is 35.5. The van der Waals surface area contributed by atoms with E-state index in [0.717, 1.165) is 5.56 Å². The van der Waals surface area contributed by atoms with Crippen molar-refractivity contribution >= 4 is 23.4 Å². The summed E-state index contributed by atoms with van der Waals surface area (Å²) >= 11 is 6.13. The van der Waals surface area contributed by atoms with Gasteiger partial charge in [-0.15, -0.1) is 0 Å². The first-order valence-electron chi connectivity index (χ1n) is 9.62. The zero-order valence-electron chi connectivity index (χ0n) is 15.8. The molecular weight excluding hydrogens is 395 g/mol. The number of benzene rings is 2. The van der Waals surface area contributed by atoms with E-state index in [-0.39, 0.29) is 29.7 Å². The number of rotatable bonds is 3. The molecule has 2 unspecified atom stereocenters. The topological polar surface area (TPSA) is 64.7 Å². The summed E-state index contributed by atoms with van der Waals surface area (Å²) in [6, 6.07) is 12.9. The van der Waals surface area contributed by atoms with Gasteiger partial charge in [0.25, 0.3) is 5.91 Å². The van der Waals surface area contributed by atoms with E-state index in [1.54, 1.807) is 46.2 Å². The predicted molar refractivity (Wildman–Crippen MR) is 108 cm³/mol. The molecule has 2 aliphatic rings. The van der Waals surface area contributed by atoms with Crippen molar-refractivity contribution < 1.29 is 14.0 Å². The lowest BCUT2D eigenvalue weighted by Gasteiger charge is -2.36. The van der Waals surface area contributed by atoms with Gasteiger partial charge >= 0.3 is 0 Å². The Morgan fingerprint density at radius 2 is 1.59 bits per heavy atom. The fourth-order valence-electron chi connectivity index (χ4n) is 3.79. The Morgan fingerprint density at radius 3 is 2.28 bits per heavy atom. The molecule has 0 spiro atoms. The number of hydrogen-bond acceptors (Lipinski definition) is 4. The SMILES string of the molecule is O=C(c1ccccc1Cl)N1CCN(C(=O)C2CC(c3ccc(F)cc3)NN2)CC1. The number of carbonyl (C=O) groups excluding carboxylic acids is 2. The smallest absolute Gasteiger partial charge is 0.255 e. The highest BCUT2D eigenvalue weighted by molar-refractivity contribution is 6.33. The van der Waals surface area contributed by atoms with Crippen LogP contribution in [0.4, 0.5) is 4.39 Å². The van der Waals surface area contributed by atoms with Gasteiger partial charge in [0.05, 0.1) is 10.6 Å². The van der Waals surface area contributed by atoms with Gasteiger partial charge in [-0.3, -0.25) is 9.59 Å². The molecule has 0 saturated carbocycles. The van der Waals surface area contributed by atoms with Crippen molar-refractivity contribution in [3.63, 3.8) is 0 Å². The van der Waals surface area contributed by atoms with Gasteiger partial charge in [-0.25, -0.2) is 15.2 Å². The maximum absolute atomic E-state index is 13.1. The summed E-state index contributed by atoms with van der Waals surface area (Å²) < 4.78 is 13.1. The second-order valence-electron chi connectivity index (χ2n) is 7.28. The maximum Gasteiger partial charge on any atom is 0.255 e. The second-order valence-corrected chi connectivity index (χ2v) is 7.69. The molecule has 152 valence electrons. The van der Waals surface area contributed by atoms with Gasteiger partial charge in [0, 0.05) is 32.2 Å². The van der Waals surface area contributed by atoms with Crippen LogP contribution < -0.4 is 10.9 Å². The highest BCUT2D eigenvalue weighted by Gasteiger charge is 2.34. The molecule has 6 nitrogen and oxygen atoms in total. The molecule has 2 amide bonds. The van der Waals surface area contributed by atoms with E-state index in [0.29, 0.717) is 43.2 Å². The van der Waals surface area contributed by atoms with Crippen LogP contribution in [-0.2, 0) is 4.79 Å². The van der Waals surface area contributed by atoms with Crippen LogP contribution in [0.2, 0.25) is 5.02 Å². The first-order chi connectivity index (χ1) is 14.0. The fourth-order valence-corrected chi connectivity index (χ4v) is 4.00. The number of carbonyl (C=O) groups is 2. The van der Waals surface area contributed by atoms with E-state index in [1.165, 1.54) is 12.1 Å². The summed E-state index contributed by atoms with van der Waals surface area (Å²) in [6.45, 7) is 1.90. The molecule has 2 atom stereocenters. The van der Waals surface area contributed by atoms with Crippen LogP contribution in [0.1, 0.15) is 28.4 Å². The number of nitrogens with zero attached hydrogens (tertiary/aromatic N) is 2. The third-order valence-electron chi connectivity index (χ3n) is 5.46. The van der Waals surface area contributed by atoms with E-state index in [4.69, 9.17) is 11.6 Å². The number of halogens is 2. The maximum atomic E-state index is 13.1. The van der Waals surface area contributed by atoms with Gasteiger partial charge in [0.2, 0.25) is 5.91 Å². The van der Waals surface area contributed by atoms with Crippen molar-refractivity contribution in [1.29, 1.82) is 0 Å². The Morgan fingerprint density at radius 1 is 0.931 bits per heavy atom. The van der Waals surface area contributed by atoms with Crippen molar-refractivity contribution in [2.24, 2.45) is 0 Å². The Balaban J connectivity index is 1.32. The van der Waals surface area contributed by atoms with Gasteiger partial charge in [-0.1, -0.05) is 35.9 Å². The summed E-state index contributed by atoms with van der Waals surface area (Å²) in [5, 5.41) is 0.434. The van der Waals surface area contributed by atoms with Crippen molar-refractivity contribution in [3.8, 4) is 0 Å². The van der Waals surface area contributed by atoms with Crippen LogP contribution in [0.5, 0.6) is 0 Å². The molecule has 0 aliphatic carbocycles. The average Bonchev–Trinajstić information content (AvgIpc) is 3.24. The molecule has 0 aromatic heterocycles. The van der Waals surface area contributed by atoms with E-state index in [2.05, 4.69) is 10.9 Å². The Labute approximate surface area is 173 Å². The Kier molecular flexibility index (Phi) is 5.80. The van der Waals surface area contributed by atoms with Crippen molar-refractivity contribution in [2.45, 2.75) is 18.5 Å². The molecule has 2 aromatic rings. The number of nitrogens with one attached hydrogen (secondary N) is 2. The van der Waals surface area contributed by atoms with E-state index in [1.807, 2.05) is 0 Å². The van der Waals surface area contributed by atoms with E-state index in [9.17, 15) is 14.0 Å². The molecule has 0 bridgehead atoms. The molecule has 2 fully saturated rings. The molecule has 4 rings (SSSR count). The normalized spacial score (nSPS) is 22.0. The number of hydrogen-bond donors (Lipinski definition) is 2. The first-order valence-corrected chi connectivity index (χ1v) is 10.00. The summed E-state index contributed by atoms with van der Waals surface area (Å²) in [7, 11) is 0. The fraction of sp³-hybridized carbons (Fsp3) is 0.333. The minimum Gasteiger partial charge on any atom is -0.338 e. The van der Waals surface area contributed by atoms with Crippen molar-refractivity contribution in [3.05, 3.63) is 70.5 Å². The minimum atomic E-state index is -0.351. The lowest BCUT2D eigenvalue weighted by molar-refractivity contribution is -0.134. The zero-order valence-corrected chi connectivity index (χ0v) is 16.5. The molecule has 2 N–H and O–H groups in total. The van der Waals surface area contributed by atoms with Gasteiger partial charge in [0.1, 0.15) is 11.9 Å². The molecule has 2 heterocycles. The number of hydrazine groups is 1. The highest BCUT2D eigenvalue weighted by Crippen LogP contribution is 2.24. The Bertz CT molecular complexity index is 900. The molecule has 2 saturated heterocycles. The van der Waals surface area contributed by atoms with Crippen molar-refractivity contribution in [2.75, 3.05) is 26.2 Å².